The number of rotatable bonds is 4. The van der Waals surface area contributed by atoms with E-state index in [-0.39, 0.29) is 11.7 Å². The summed E-state index contributed by atoms with van der Waals surface area (Å²) < 4.78 is 0. The number of pyridine rings is 1. The van der Waals surface area contributed by atoms with Crippen molar-refractivity contribution in [1.82, 2.24) is 9.88 Å². The summed E-state index contributed by atoms with van der Waals surface area (Å²) in [6.07, 6.45) is 3.49. The van der Waals surface area contributed by atoms with Crippen molar-refractivity contribution in [2.24, 2.45) is 5.92 Å². The van der Waals surface area contributed by atoms with E-state index in [2.05, 4.69) is 20.9 Å². The fourth-order valence-electron chi connectivity index (χ4n) is 3.88. The monoisotopic (exact) mass is 389 g/mol. The Labute approximate surface area is 163 Å². The first-order chi connectivity index (χ1) is 12.6. The van der Waals surface area contributed by atoms with Gasteiger partial charge in [-0.05, 0) is 49.2 Å². The number of nitrogens with zero attached hydrogens (tertiary/aromatic N) is 3. The van der Waals surface area contributed by atoms with E-state index in [1.807, 2.05) is 24.4 Å². The second-order valence-electron chi connectivity index (χ2n) is 6.99. The third kappa shape index (κ3) is 3.59. The van der Waals surface area contributed by atoms with Crippen molar-refractivity contribution in [3.8, 4) is 0 Å². The molecule has 1 aromatic carbocycles. The molecule has 1 atom stereocenters. The summed E-state index contributed by atoms with van der Waals surface area (Å²) in [4.78, 5) is 21.8. The third-order valence-electron chi connectivity index (χ3n) is 5.39. The second kappa shape index (κ2) is 7.55. The number of benzene rings is 1. The number of piperazine rings is 1. The minimum absolute atomic E-state index is 0.0494. The lowest BCUT2D eigenvalue weighted by Gasteiger charge is -2.35. The molecule has 6 heteroatoms. The standard InChI is InChI=1S/C20H21Cl2N3O/c21-17-12-15-11-14(20(26)16(15)13-18(17)22)4-6-24-7-9-25(10-8-24)19-3-1-2-5-23-19/h1-3,5,12-14H,4,6-11H2. The molecule has 4 nitrogen and oxygen atoms in total. The predicted molar refractivity (Wildman–Crippen MR) is 105 cm³/mol. The van der Waals surface area contributed by atoms with Gasteiger partial charge in [0, 0.05) is 43.9 Å². The number of Topliss-reactive ketones (excluding diaryl/α,β-unsaturated/α-hetero) is 1. The lowest BCUT2D eigenvalue weighted by molar-refractivity contribution is 0.0920. The molecule has 2 aromatic rings. The first kappa shape index (κ1) is 17.8. The molecule has 0 spiro atoms. The van der Waals surface area contributed by atoms with E-state index >= 15 is 0 Å². The molecule has 0 amide bonds. The van der Waals surface area contributed by atoms with E-state index in [4.69, 9.17) is 23.2 Å². The zero-order valence-corrected chi connectivity index (χ0v) is 16.0. The van der Waals surface area contributed by atoms with Crippen LogP contribution in [-0.4, -0.2) is 48.4 Å². The lowest BCUT2D eigenvalue weighted by atomic mass is 10.0. The van der Waals surface area contributed by atoms with Crippen LogP contribution in [0.4, 0.5) is 5.82 Å². The van der Waals surface area contributed by atoms with Crippen LogP contribution in [0.1, 0.15) is 22.3 Å². The summed E-state index contributed by atoms with van der Waals surface area (Å²) in [5.74, 6) is 1.31. The highest BCUT2D eigenvalue weighted by molar-refractivity contribution is 6.42. The van der Waals surface area contributed by atoms with Crippen LogP contribution >= 0.6 is 23.2 Å². The molecular formula is C20H21Cl2N3O. The molecule has 26 heavy (non-hydrogen) atoms. The number of halogens is 2. The topological polar surface area (TPSA) is 36.4 Å². The first-order valence-electron chi connectivity index (χ1n) is 9.02. The Bertz CT molecular complexity index is 804. The first-order valence-corrected chi connectivity index (χ1v) is 9.78. The van der Waals surface area contributed by atoms with E-state index in [1.54, 1.807) is 6.07 Å². The van der Waals surface area contributed by atoms with Gasteiger partial charge in [-0.15, -0.1) is 0 Å². The van der Waals surface area contributed by atoms with Gasteiger partial charge in [0.1, 0.15) is 5.82 Å². The Morgan fingerprint density at radius 2 is 1.85 bits per heavy atom. The maximum Gasteiger partial charge on any atom is 0.166 e. The molecule has 0 bridgehead atoms. The fourth-order valence-corrected chi connectivity index (χ4v) is 4.23. The second-order valence-corrected chi connectivity index (χ2v) is 7.81. The van der Waals surface area contributed by atoms with E-state index in [0.29, 0.717) is 10.0 Å². The van der Waals surface area contributed by atoms with Crippen molar-refractivity contribution in [3.63, 3.8) is 0 Å². The number of hydrogen-bond acceptors (Lipinski definition) is 4. The zero-order chi connectivity index (χ0) is 18.1. The SMILES string of the molecule is O=C1c2cc(Cl)c(Cl)cc2CC1CCN1CCN(c2ccccn2)CC1. The van der Waals surface area contributed by atoms with Crippen molar-refractivity contribution < 1.29 is 4.79 Å². The zero-order valence-electron chi connectivity index (χ0n) is 14.5. The highest BCUT2D eigenvalue weighted by Gasteiger charge is 2.31. The van der Waals surface area contributed by atoms with Gasteiger partial charge in [0.25, 0.3) is 0 Å². The van der Waals surface area contributed by atoms with Crippen LogP contribution in [0.2, 0.25) is 10.0 Å². The molecule has 0 saturated carbocycles. The van der Waals surface area contributed by atoms with Gasteiger partial charge in [0.2, 0.25) is 0 Å². The Morgan fingerprint density at radius 3 is 2.58 bits per heavy atom. The normalized spacial score (nSPS) is 20.5. The Kier molecular flexibility index (Phi) is 5.16. The predicted octanol–water partition coefficient (Wildman–Crippen LogP) is 3.96. The molecule has 1 unspecified atom stereocenters. The van der Waals surface area contributed by atoms with Crippen LogP contribution in [0.15, 0.2) is 36.5 Å². The Balaban J connectivity index is 1.30. The number of aromatic nitrogens is 1. The third-order valence-corrected chi connectivity index (χ3v) is 6.11. The molecule has 1 aliphatic heterocycles. The van der Waals surface area contributed by atoms with Crippen molar-refractivity contribution in [2.45, 2.75) is 12.8 Å². The number of carbonyl (C=O) groups is 1. The molecule has 1 fully saturated rings. The maximum absolute atomic E-state index is 12.6. The minimum Gasteiger partial charge on any atom is -0.354 e. The molecule has 136 valence electrons. The van der Waals surface area contributed by atoms with Gasteiger partial charge in [0.15, 0.2) is 5.78 Å². The van der Waals surface area contributed by atoms with E-state index in [9.17, 15) is 4.79 Å². The number of ketones is 1. The molecule has 0 radical (unpaired) electrons. The van der Waals surface area contributed by atoms with Gasteiger partial charge in [-0.2, -0.15) is 0 Å². The lowest BCUT2D eigenvalue weighted by Crippen LogP contribution is -2.47. The van der Waals surface area contributed by atoms with Crippen molar-refractivity contribution >= 4 is 34.8 Å². The van der Waals surface area contributed by atoms with Gasteiger partial charge in [-0.1, -0.05) is 29.3 Å². The molecule has 2 heterocycles. The molecular weight excluding hydrogens is 369 g/mol. The molecule has 1 aliphatic carbocycles. The fraction of sp³-hybridized carbons (Fsp3) is 0.400. The Hall–Kier alpha value is -1.62. The summed E-state index contributed by atoms with van der Waals surface area (Å²) in [6.45, 7) is 4.90. The largest absolute Gasteiger partial charge is 0.354 e. The molecule has 1 aromatic heterocycles. The maximum atomic E-state index is 12.6. The van der Waals surface area contributed by atoms with Crippen LogP contribution in [0.5, 0.6) is 0 Å². The summed E-state index contributed by atoms with van der Waals surface area (Å²) in [7, 11) is 0. The van der Waals surface area contributed by atoms with Crippen molar-refractivity contribution in [2.75, 3.05) is 37.6 Å². The quantitative estimate of drug-likeness (QED) is 0.792. The van der Waals surface area contributed by atoms with Crippen LogP contribution in [-0.2, 0) is 6.42 Å². The van der Waals surface area contributed by atoms with Gasteiger partial charge >= 0.3 is 0 Å². The van der Waals surface area contributed by atoms with Gasteiger partial charge in [-0.25, -0.2) is 4.98 Å². The number of carbonyl (C=O) groups excluding carboxylic acids is 1. The summed E-state index contributed by atoms with van der Waals surface area (Å²) in [5.41, 5.74) is 1.79. The highest BCUT2D eigenvalue weighted by atomic mass is 35.5. The Morgan fingerprint density at radius 1 is 1.08 bits per heavy atom. The summed E-state index contributed by atoms with van der Waals surface area (Å²) >= 11 is 12.2. The van der Waals surface area contributed by atoms with E-state index < -0.39 is 0 Å². The minimum atomic E-state index is 0.0494. The highest BCUT2D eigenvalue weighted by Crippen LogP contribution is 2.35. The number of fused-ring (bicyclic) bond motifs is 1. The smallest absolute Gasteiger partial charge is 0.166 e. The van der Waals surface area contributed by atoms with Crippen LogP contribution < -0.4 is 4.90 Å². The number of hydrogen-bond donors (Lipinski definition) is 0. The molecule has 0 N–H and O–H groups in total. The number of anilines is 1. The van der Waals surface area contributed by atoms with Gasteiger partial charge in [0.05, 0.1) is 10.0 Å². The van der Waals surface area contributed by atoms with Crippen LogP contribution in [0, 0.1) is 5.92 Å². The van der Waals surface area contributed by atoms with Gasteiger partial charge < -0.3 is 4.90 Å². The van der Waals surface area contributed by atoms with Crippen molar-refractivity contribution in [1.29, 1.82) is 0 Å². The molecule has 2 aliphatic rings. The summed E-state index contributed by atoms with van der Waals surface area (Å²) in [5, 5.41) is 0.995. The molecule has 1 saturated heterocycles. The van der Waals surface area contributed by atoms with E-state index in [1.165, 1.54) is 0 Å². The van der Waals surface area contributed by atoms with Gasteiger partial charge in [-0.3, -0.25) is 9.69 Å². The van der Waals surface area contributed by atoms with Crippen molar-refractivity contribution in [3.05, 3.63) is 57.7 Å². The van der Waals surface area contributed by atoms with E-state index in [0.717, 1.165) is 62.5 Å². The average Bonchev–Trinajstić information content (AvgIpc) is 2.97. The van der Waals surface area contributed by atoms with Crippen LogP contribution in [0.3, 0.4) is 0 Å². The average molecular weight is 390 g/mol. The summed E-state index contributed by atoms with van der Waals surface area (Å²) in [6, 6.07) is 9.60. The van der Waals surface area contributed by atoms with Crippen LogP contribution in [0.25, 0.3) is 0 Å². The molecule has 4 rings (SSSR count).